The Bertz CT molecular complexity index is 1160. The Labute approximate surface area is 155 Å². The molecule has 2 atom stereocenters. The number of nitrogens with zero attached hydrogens (tertiary/aromatic N) is 1. The zero-order chi connectivity index (χ0) is 18.4. The Hall–Kier alpha value is -3.10. The molecule has 5 rings (SSSR count). The van der Waals surface area contributed by atoms with Crippen LogP contribution in [0.5, 0.6) is 5.75 Å². The maximum Gasteiger partial charge on any atom is 0.383 e. The molecule has 0 amide bonds. The van der Waals surface area contributed by atoms with E-state index in [0.29, 0.717) is 11.5 Å². The van der Waals surface area contributed by atoms with Crippen molar-refractivity contribution in [2.45, 2.75) is 12.3 Å². The van der Waals surface area contributed by atoms with Gasteiger partial charge in [-0.1, -0.05) is 48.5 Å². The summed E-state index contributed by atoms with van der Waals surface area (Å²) in [7, 11) is -3.95. The first-order valence-corrected chi connectivity index (χ1v) is 9.80. The van der Waals surface area contributed by atoms with Crippen molar-refractivity contribution in [1.29, 1.82) is 0 Å². The predicted molar refractivity (Wildman–Crippen MR) is 100 cm³/mol. The third kappa shape index (κ3) is 2.79. The molecule has 2 unspecified atom stereocenters. The maximum atomic E-state index is 12.2. The molecule has 0 aromatic heterocycles. The van der Waals surface area contributed by atoms with E-state index in [0.717, 1.165) is 16.3 Å². The van der Waals surface area contributed by atoms with Crippen LogP contribution in [0.2, 0.25) is 0 Å². The van der Waals surface area contributed by atoms with Crippen molar-refractivity contribution in [2.24, 2.45) is 5.10 Å². The second-order valence-corrected chi connectivity index (χ2v) is 7.59. The van der Waals surface area contributed by atoms with Gasteiger partial charge >= 0.3 is 10.3 Å². The standard InChI is InChI=1S/C19H15N3O4S/c23-27(24)22-17(19-21-20-18(25-19)13-7-2-1-3-8-13)16-14-9-5-4-6-12(14)10-11-15(16)26-27/h1-11,17,19,21-22H. The fraction of sp³-hybridized carbons (Fsp3) is 0.105. The number of hydrogen-bond acceptors (Lipinski definition) is 6. The van der Waals surface area contributed by atoms with E-state index in [2.05, 4.69) is 15.2 Å². The summed E-state index contributed by atoms with van der Waals surface area (Å²) in [5.74, 6) is 0.698. The Morgan fingerprint density at radius 3 is 2.56 bits per heavy atom. The van der Waals surface area contributed by atoms with Crippen LogP contribution in [0.25, 0.3) is 10.8 Å². The van der Waals surface area contributed by atoms with Crippen LogP contribution in [-0.2, 0) is 15.0 Å². The summed E-state index contributed by atoms with van der Waals surface area (Å²) >= 11 is 0. The second kappa shape index (κ2) is 5.97. The molecule has 2 N–H and O–H groups in total. The van der Waals surface area contributed by atoms with Gasteiger partial charge in [0.2, 0.25) is 12.1 Å². The molecule has 2 aliphatic heterocycles. The van der Waals surface area contributed by atoms with E-state index in [-0.39, 0.29) is 5.75 Å². The average Bonchev–Trinajstić information content (AvgIpc) is 3.17. The van der Waals surface area contributed by atoms with E-state index in [1.165, 1.54) is 0 Å². The number of nitrogens with one attached hydrogen (secondary N) is 2. The number of hydrazone groups is 1. The van der Waals surface area contributed by atoms with Gasteiger partial charge in [0.1, 0.15) is 11.8 Å². The molecule has 0 spiro atoms. The van der Waals surface area contributed by atoms with Gasteiger partial charge in [-0.15, -0.1) is 5.10 Å². The molecule has 136 valence electrons. The van der Waals surface area contributed by atoms with Crippen LogP contribution < -0.4 is 14.3 Å². The fourth-order valence-corrected chi connectivity index (χ4v) is 4.37. The average molecular weight is 381 g/mol. The Kier molecular flexibility index (Phi) is 3.56. The van der Waals surface area contributed by atoms with Gasteiger partial charge in [0.15, 0.2) is 0 Å². The van der Waals surface area contributed by atoms with Crippen LogP contribution in [0.3, 0.4) is 0 Å². The molecule has 3 aromatic rings. The normalized spacial score (nSPS) is 22.9. The van der Waals surface area contributed by atoms with E-state index in [9.17, 15) is 8.42 Å². The van der Waals surface area contributed by atoms with Gasteiger partial charge in [0.05, 0.1) is 0 Å². The minimum absolute atomic E-state index is 0.288. The highest BCUT2D eigenvalue weighted by molar-refractivity contribution is 7.85. The second-order valence-electron chi connectivity index (χ2n) is 6.28. The fourth-order valence-electron chi connectivity index (χ4n) is 3.39. The van der Waals surface area contributed by atoms with Crippen LogP contribution >= 0.6 is 0 Å². The van der Waals surface area contributed by atoms with E-state index >= 15 is 0 Å². The molecule has 0 bridgehead atoms. The monoisotopic (exact) mass is 381 g/mol. The number of rotatable bonds is 2. The molecule has 0 aliphatic carbocycles. The van der Waals surface area contributed by atoms with Crippen LogP contribution in [0.4, 0.5) is 0 Å². The Morgan fingerprint density at radius 2 is 1.70 bits per heavy atom. The van der Waals surface area contributed by atoms with Crippen molar-refractivity contribution in [3.63, 3.8) is 0 Å². The van der Waals surface area contributed by atoms with Crippen molar-refractivity contribution in [1.82, 2.24) is 10.1 Å². The molecule has 0 saturated heterocycles. The van der Waals surface area contributed by atoms with Crippen molar-refractivity contribution >= 4 is 27.0 Å². The molecule has 2 heterocycles. The van der Waals surface area contributed by atoms with Gasteiger partial charge in [0, 0.05) is 11.1 Å². The van der Waals surface area contributed by atoms with Crippen LogP contribution in [0.15, 0.2) is 71.8 Å². The Morgan fingerprint density at radius 1 is 0.926 bits per heavy atom. The maximum absolute atomic E-state index is 12.2. The lowest BCUT2D eigenvalue weighted by molar-refractivity contribution is 0.144. The number of fused-ring (bicyclic) bond motifs is 3. The van der Waals surface area contributed by atoms with Crippen LogP contribution in [-0.4, -0.2) is 20.5 Å². The summed E-state index contributed by atoms with van der Waals surface area (Å²) in [6.07, 6.45) is -0.705. The molecule has 2 aliphatic rings. The first-order valence-electron chi connectivity index (χ1n) is 8.39. The van der Waals surface area contributed by atoms with E-state index in [1.54, 1.807) is 6.07 Å². The molecule has 3 aromatic carbocycles. The zero-order valence-corrected chi connectivity index (χ0v) is 14.8. The predicted octanol–water partition coefficient (Wildman–Crippen LogP) is 2.42. The molecule has 0 fully saturated rings. The summed E-state index contributed by atoms with van der Waals surface area (Å²) < 4.78 is 38.1. The highest BCUT2D eigenvalue weighted by atomic mass is 32.2. The van der Waals surface area contributed by atoms with Gasteiger partial charge < -0.3 is 8.92 Å². The Balaban J connectivity index is 1.57. The smallest absolute Gasteiger partial charge is 0.383 e. The highest BCUT2D eigenvalue weighted by Crippen LogP contribution is 2.39. The summed E-state index contributed by atoms with van der Waals surface area (Å²) in [5, 5.41) is 6.10. The SMILES string of the molecule is O=S1(=O)NC(C2NN=C(c3ccccc3)O2)c2c(ccc3ccccc23)O1. The van der Waals surface area contributed by atoms with Crippen LogP contribution in [0.1, 0.15) is 17.2 Å². The minimum atomic E-state index is -3.95. The topological polar surface area (TPSA) is 89.0 Å². The third-order valence-corrected chi connectivity index (χ3v) is 5.51. The summed E-state index contributed by atoms with van der Waals surface area (Å²) in [6, 6.07) is 19.9. The quantitative estimate of drug-likeness (QED) is 0.712. The summed E-state index contributed by atoms with van der Waals surface area (Å²) in [5.41, 5.74) is 4.42. The minimum Gasteiger partial charge on any atom is -0.449 e. The molecule has 7 nitrogen and oxygen atoms in total. The van der Waals surface area contributed by atoms with Gasteiger partial charge in [-0.25, -0.2) is 0 Å². The van der Waals surface area contributed by atoms with Crippen molar-refractivity contribution in [2.75, 3.05) is 0 Å². The number of benzene rings is 3. The van der Waals surface area contributed by atoms with E-state index in [4.69, 9.17) is 8.92 Å². The van der Waals surface area contributed by atoms with E-state index < -0.39 is 22.6 Å². The highest BCUT2D eigenvalue weighted by Gasteiger charge is 2.40. The van der Waals surface area contributed by atoms with Crippen LogP contribution in [0, 0.1) is 0 Å². The molecular weight excluding hydrogens is 366 g/mol. The third-order valence-electron chi connectivity index (χ3n) is 4.57. The molecular formula is C19H15N3O4S. The van der Waals surface area contributed by atoms with Gasteiger partial charge in [-0.2, -0.15) is 13.1 Å². The lowest BCUT2D eigenvalue weighted by Gasteiger charge is -2.30. The van der Waals surface area contributed by atoms with Gasteiger partial charge in [-0.3, -0.25) is 5.43 Å². The first-order chi connectivity index (χ1) is 13.1. The lowest BCUT2D eigenvalue weighted by atomic mass is 9.97. The first kappa shape index (κ1) is 16.1. The van der Waals surface area contributed by atoms with Gasteiger partial charge in [-0.05, 0) is 29.0 Å². The molecule has 27 heavy (non-hydrogen) atoms. The largest absolute Gasteiger partial charge is 0.449 e. The molecule has 0 radical (unpaired) electrons. The number of ether oxygens (including phenoxy) is 1. The summed E-state index contributed by atoms with van der Waals surface area (Å²) in [4.78, 5) is 0. The van der Waals surface area contributed by atoms with Crippen molar-refractivity contribution in [3.05, 3.63) is 77.9 Å². The zero-order valence-electron chi connectivity index (χ0n) is 14.0. The summed E-state index contributed by atoms with van der Waals surface area (Å²) in [6.45, 7) is 0. The van der Waals surface area contributed by atoms with Gasteiger partial charge in [0.25, 0.3) is 0 Å². The van der Waals surface area contributed by atoms with Crippen molar-refractivity contribution < 1.29 is 17.3 Å². The number of hydrogen-bond donors (Lipinski definition) is 2. The van der Waals surface area contributed by atoms with Crippen molar-refractivity contribution in [3.8, 4) is 5.75 Å². The lowest BCUT2D eigenvalue weighted by Crippen LogP contribution is -2.46. The van der Waals surface area contributed by atoms with E-state index in [1.807, 2.05) is 60.7 Å². The molecule has 8 heteroatoms. The molecule has 0 saturated carbocycles.